The highest BCUT2D eigenvalue weighted by molar-refractivity contribution is 6.24. The first kappa shape index (κ1) is 25.7. The zero-order valence-corrected chi connectivity index (χ0v) is 23.1. The second-order valence-electron chi connectivity index (χ2n) is 12.0. The Labute approximate surface area is 238 Å². The van der Waals surface area contributed by atoms with Gasteiger partial charge in [0.2, 0.25) is 23.6 Å². The van der Waals surface area contributed by atoms with Gasteiger partial charge >= 0.3 is 0 Å². The number of likely N-dealkylation sites (tertiary alicyclic amines) is 1. The van der Waals surface area contributed by atoms with E-state index in [4.69, 9.17) is 0 Å². The van der Waals surface area contributed by atoms with E-state index in [1.165, 1.54) is 9.80 Å². The smallest absolute Gasteiger partial charge is 0.241 e. The number of allylic oxidation sites excluding steroid dienone is 2. The number of hydrogen-bond donors (Lipinski definition) is 1. The Hall–Kier alpha value is -4.26. The number of carbonyl (C=O) groups excluding carboxylic acids is 4. The lowest BCUT2D eigenvalue weighted by Gasteiger charge is -2.49. The van der Waals surface area contributed by atoms with Gasteiger partial charge in [0.15, 0.2) is 0 Å². The number of amides is 4. The van der Waals surface area contributed by atoms with Gasteiger partial charge in [-0.15, -0.1) is 0 Å². The molecule has 4 amide bonds. The number of hydrogen-bond acceptors (Lipinski definition) is 5. The molecule has 3 aromatic carbocycles. The normalized spacial score (nSPS) is 30.9. The predicted molar refractivity (Wildman–Crippen MR) is 154 cm³/mol. The molecule has 4 aliphatic rings. The summed E-state index contributed by atoms with van der Waals surface area (Å²) in [5.41, 5.74) is 1.22. The molecule has 1 N–H and O–H groups in total. The molecule has 2 aliphatic heterocycles. The molecule has 6 atom stereocenters. The quantitative estimate of drug-likeness (QED) is 0.358. The van der Waals surface area contributed by atoms with Crippen molar-refractivity contribution in [3.63, 3.8) is 0 Å². The molecule has 2 aliphatic carbocycles. The van der Waals surface area contributed by atoms with Crippen molar-refractivity contribution in [2.75, 3.05) is 11.4 Å². The second kappa shape index (κ2) is 9.13. The van der Waals surface area contributed by atoms with E-state index in [1.54, 1.807) is 18.2 Å². The number of carbonyl (C=O) groups is 4. The summed E-state index contributed by atoms with van der Waals surface area (Å²) in [5.74, 6) is -3.17. The van der Waals surface area contributed by atoms with Crippen molar-refractivity contribution in [2.24, 2.45) is 29.1 Å². The number of phenols is 1. The van der Waals surface area contributed by atoms with Crippen LogP contribution in [0.1, 0.15) is 44.6 Å². The van der Waals surface area contributed by atoms with E-state index in [2.05, 4.69) is 6.08 Å². The van der Waals surface area contributed by atoms with Gasteiger partial charge in [-0.05, 0) is 61.3 Å². The van der Waals surface area contributed by atoms with Crippen molar-refractivity contribution in [1.82, 2.24) is 4.90 Å². The molecule has 7 rings (SSSR count). The Morgan fingerprint density at radius 2 is 1.56 bits per heavy atom. The van der Waals surface area contributed by atoms with E-state index in [-0.39, 0.29) is 35.3 Å². The van der Waals surface area contributed by atoms with Gasteiger partial charge < -0.3 is 5.11 Å². The zero-order chi connectivity index (χ0) is 28.6. The van der Waals surface area contributed by atoms with Crippen LogP contribution in [0.3, 0.4) is 0 Å². The van der Waals surface area contributed by atoms with Gasteiger partial charge in [0, 0.05) is 17.8 Å². The van der Waals surface area contributed by atoms with Crippen LogP contribution in [0.4, 0.5) is 5.69 Å². The van der Waals surface area contributed by atoms with Crippen molar-refractivity contribution in [1.29, 1.82) is 0 Å². The van der Waals surface area contributed by atoms with Crippen molar-refractivity contribution in [2.45, 2.75) is 39.0 Å². The number of para-hydroxylation sites is 1. The summed E-state index contributed by atoms with van der Waals surface area (Å²) in [6, 6.07) is 20.0. The summed E-state index contributed by atoms with van der Waals surface area (Å²) in [7, 11) is 0. The minimum absolute atomic E-state index is 0.128. The number of nitrogens with zero attached hydrogens (tertiary/aromatic N) is 2. The van der Waals surface area contributed by atoms with E-state index in [0.29, 0.717) is 36.9 Å². The topological polar surface area (TPSA) is 95.0 Å². The lowest BCUT2D eigenvalue weighted by Crippen LogP contribution is -2.49. The molecule has 0 aromatic heterocycles. The van der Waals surface area contributed by atoms with Crippen molar-refractivity contribution >= 4 is 40.1 Å². The van der Waals surface area contributed by atoms with Crippen LogP contribution in [0.2, 0.25) is 0 Å². The maximum Gasteiger partial charge on any atom is 0.241 e. The minimum atomic E-state index is -1.11. The van der Waals surface area contributed by atoms with E-state index in [0.717, 1.165) is 16.5 Å². The van der Waals surface area contributed by atoms with Crippen molar-refractivity contribution < 1.29 is 24.3 Å². The molecule has 2 saturated heterocycles. The van der Waals surface area contributed by atoms with Gasteiger partial charge in [0.1, 0.15) is 5.75 Å². The summed E-state index contributed by atoms with van der Waals surface area (Å²) in [5, 5.41) is 12.2. The summed E-state index contributed by atoms with van der Waals surface area (Å²) < 4.78 is 0. The first-order valence-electron chi connectivity index (χ1n) is 14.5. The van der Waals surface area contributed by atoms with Crippen molar-refractivity contribution in [3.8, 4) is 5.75 Å². The number of anilines is 1. The Kier molecular flexibility index (Phi) is 5.72. The number of rotatable bonds is 4. The lowest BCUT2D eigenvalue weighted by molar-refractivity contribution is -0.140. The summed E-state index contributed by atoms with van der Waals surface area (Å²) in [6.07, 6.45) is 3.52. The summed E-state index contributed by atoms with van der Waals surface area (Å²) in [4.78, 5) is 58.6. The molecule has 0 spiro atoms. The lowest BCUT2D eigenvalue weighted by atomic mass is 9.51. The first-order valence-corrected chi connectivity index (χ1v) is 14.5. The standard InChI is InChI=1S/C34H32N2O5/c1-3-17-35-30(38)24-14-13-23-25(28(24)32(35)40)18-26-31(39)36(19-9-5-4-6-10-19)33(41)34(26,2)29(23)22-15-16-27(37)21-12-8-7-11-20(21)22/h4-13,15-16,24-26,28-29,37H,3,14,17-18H2,1-2H3. The average Bonchev–Trinajstić information content (AvgIpc) is 3.34. The fraction of sp³-hybridized carbons (Fsp3) is 0.353. The molecule has 0 radical (unpaired) electrons. The van der Waals surface area contributed by atoms with Crippen LogP contribution >= 0.6 is 0 Å². The third-order valence-electron chi connectivity index (χ3n) is 10.1. The Balaban J connectivity index is 1.45. The number of fused-ring (bicyclic) bond motifs is 5. The fourth-order valence-corrected chi connectivity index (χ4v) is 8.25. The van der Waals surface area contributed by atoms with Gasteiger partial charge in [-0.2, -0.15) is 0 Å². The minimum Gasteiger partial charge on any atom is -0.507 e. The molecule has 2 heterocycles. The molecule has 41 heavy (non-hydrogen) atoms. The molecule has 7 nitrogen and oxygen atoms in total. The average molecular weight is 549 g/mol. The highest BCUT2D eigenvalue weighted by Crippen LogP contribution is 2.64. The SMILES string of the molecule is CCCN1C(=O)C2CC=C3C(CC4C(=O)N(c5ccccc5)C(=O)C4(C)C3c3ccc(O)c4ccccc34)C2C1=O. The Morgan fingerprint density at radius 3 is 2.29 bits per heavy atom. The predicted octanol–water partition coefficient (Wildman–Crippen LogP) is 5.19. The van der Waals surface area contributed by atoms with E-state index >= 15 is 0 Å². The van der Waals surface area contributed by atoms with Crippen LogP contribution in [0, 0.1) is 29.1 Å². The summed E-state index contributed by atoms with van der Waals surface area (Å²) in [6.45, 7) is 4.23. The number of benzene rings is 3. The highest BCUT2D eigenvalue weighted by atomic mass is 16.3. The van der Waals surface area contributed by atoms with Gasteiger partial charge in [-0.1, -0.05) is 67.1 Å². The molecule has 208 valence electrons. The molecule has 3 aromatic rings. The molecular formula is C34H32N2O5. The van der Waals surface area contributed by atoms with Gasteiger partial charge in [-0.3, -0.25) is 24.1 Å². The highest BCUT2D eigenvalue weighted by Gasteiger charge is 2.67. The number of phenolic OH excluding ortho intramolecular Hbond substituents is 1. The third-order valence-corrected chi connectivity index (χ3v) is 10.1. The Bertz CT molecular complexity index is 1660. The number of imide groups is 2. The van der Waals surface area contributed by atoms with Crippen LogP contribution in [0.15, 0.2) is 78.4 Å². The monoisotopic (exact) mass is 548 g/mol. The van der Waals surface area contributed by atoms with Crippen LogP contribution < -0.4 is 4.90 Å². The van der Waals surface area contributed by atoms with Crippen LogP contribution in [-0.2, 0) is 19.2 Å². The Morgan fingerprint density at radius 1 is 0.854 bits per heavy atom. The van der Waals surface area contributed by atoms with Crippen molar-refractivity contribution in [3.05, 3.63) is 83.9 Å². The van der Waals surface area contributed by atoms with Gasteiger partial charge in [-0.25, -0.2) is 4.90 Å². The molecule has 0 bridgehead atoms. The third kappa shape index (κ3) is 3.38. The van der Waals surface area contributed by atoms with E-state index in [1.807, 2.05) is 62.4 Å². The molecule has 7 heteroatoms. The van der Waals surface area contributed by atoms with Crippen LogP contribution in [0.25, 0.3) is 10.8 Å². The van der Waals surface area contributed by atoms with Gasteiger partial charge in [0.05, 0.1) is 28.9 Å². The molecule has 1 saturated carbocycles. The molecule has 3 fully saturated rings. The second-order valence-corrected chi connectivity index (χ2v) is 12.0. The first-order chi connectivity index (χ1) is 19.8. The zero-order valence-electron chi connectivity index (χ0n) is 23.1. The summed E-state index contributed by atoms with van der Waals surface area (Å²) >= 11 is 0. The van der Waals surface area contributed by atoms with E-state index in [9.17, 15) is 24.3 Å². The number of aromatic hydroxyl groups is 1. The van der Waals surface area contributed by atoms with Crippen LogP contribution in [-0.4, -0.2) is 40.2 Å². The van der Waals surface area contributed by atoms with E-state index < -0.39 is 29.1 Å². The molecular weight excluding hydrogens is 516 g/mol. The van der Waals surface area contributed by atoms with Gasteiger partial charge in [0.25, 0.3) is 0 Å². The maximum absolute atomic E-state index is 14.5. The maximum atomic E-state index is 14.5. The van der Waals surface area contributed by atoms with Crippen LogP contribution in [0.5, 0.6) is 5.75 Å². The fourth-order valence-electron chi connectivity index (χ4n) is 8.25. The molecule has 6 unspecified atom stereocenters. The largest absolute Gasteiger partial charge is 0.507 e.